The number of nitrogens with one attached hydrogen (secondary N) is 2. The number of nitrogens with zero attached hydrogens (tertiary/aromatic N) is 4. The number of hydrogen-bond donors (Lipinski definition) is 3. The molecule has 8 nitrogen and oxygen atoms in total. The van der Waals surface area contributed by atoms with E-state index in [0.29, 0.717) is 5.69 Å². The fourth-order valence-electron chi connectivity index (χ4n) is 1.54. The molecule has 0 aliphatic carbocycles. The molecule has 2 rings (SSSR count). The summed E-state index contributed by atoms with van der Waals surface area (Å²) in [6.45, 7) is 1.84. The number of carboxylic acid groups (broad SMARTS) is 1. The summed E-state index contributed by atoms with van der Waals surface area (Å²) in [5.74, 6) is -0.927. The molecule has 0 radical (unpaired) electrons. The molecule has 0 saturated heterocycles. The molecule has 0 saturated carbocycles. The van der Waals surface area contributed by atoms with Crippen LogP contribution in [0, 0.1) is 18.3 Å². The lowest BCUT2D eigenvalue weighted by Gasteiger charge is -2.07. The maximum Gasteiger partial charge on any atom is 0.337 e. The molecule has 1 heterocycles. The molecular formula is C12H10N6O2. The average molecular weight is 270 g/mol. The van der Waals surface area contributed by atoms with Crippen molar-refractivity contribution in [1.82, 2.24) is 20.6 Å². The second-order valence-corrected chi connectivity index (χ2v) is 3.90. The molecule has 20 heavy (non-hydrogen) atoms. The highest BCUT2D eigenvalue weighted by atomic mass is 16.4. The highest BCUT2D eigenvalue weighted by Gasteiger charge is 2.10. The fourth-order valence-corrected chi connectivity index (χ4v) is 1.54. The van der Waals surface area contributed by atoms with Crippen molar-refractivity contribution in [1.29, 1.82) is 5.26 Å². The molecule has 1 aromatic heterocycles. The summed E-state index contributed by atoms with van der Waals surface area (Å²) in [4.78, 5) is 11.1. The first kappa shape index (κ1) is 13.2. The number of allylic oxidation sites excluding steroid dienone is 1. The topological polar surface area (TPSA) is 128 Å². The maximum atomic E-state index is 11.1. The van der Waals surface area contributed by atoms with E-state index in [9.17, 15) is 4.79 Å². The Morgan fingerprint density at radius 3 is 2.95 bits per heavy atom. The lowest BCUT2D eigenvalue weighted by atomic mass is 10.1. The van der Waals surface area contributed by atoms with Gasteiger partial charge in [-0.3, -0.25) is 0 Å². The number of carbonyl (C=O) groups is 1. The van der Waals surface area contributed by atoms with Crippen LogP contribution in [0.5, 0.6) is 0 Å². The van der Waals surface area contributed by atoms with Gasteiger partial charge >= 0.3 is 5.97 Å². The van der Waals surface area contributed by atoms with Gasteiger partial charge in [0, 0.05) is 6.20 Å². The minimum atomic E-state index is -1.06. The maximum absolute atomic E-state index is 11.1. The largest absolute Gasteiger partial charge is 0.478 e. The van der Waals surface area contributed by atoms with Crippen LogP contribution >= 0.6 is 0 Å². The molecule has 0 spiro atoms. The Morgan fingerprint density at radius 2 is 2.35 bits per heavy atom. The van der Waals surface area contributed by atoms with Crippen LogP contribution in [0.3, 0.4) is 0 Å². The van der Waals surface area contributed by atoms with Gasteiger partial charge in [-0.15, -0.1) is 10.2 Å². The van der Waals surface area contributed by atoms with Crippen LogP contribution in [0.2, 0.25) is 0 Å². The van der Waals surface area contributed by atoms with Crippen molar-refractivity contribution in [3.05, 3.63) is 41.4 Å². The van der Waals surface area contributed by atoms with Crippen LogP contribution in [0.4, 0.5) is 5.69 Å². The number of aromatic nitrogens is 4. The van der Waals surface area contributed by atoms with E-state index in [1.165, 1.54) is 12.3 Å². The van der Waals surface area contributed by atoms with Gasteiger partial charge in [-0.05, 0) is 29.8 Å². The van der Waals surface area contributed by atoms with Crippen LogP contribution in [0.25, 0.3) is 5.57 Å². The van der Waals surface area contributed by atoms with E-state index in [1.54, 1.807) is 12.1 Å². The minimum absolute atomic E-state index is 0.109. The zero-order valence-corrected chi connectivity index (χ0v) is 10.5. The van der Waals surface area contributed by atoms with Gasteiger partial charge in [0.1, 0.15) is 11.6 Å². The molecule has 0 fully saturated rings. The SMILES string of the molecule is Cc1ccc(C(=O)O)c(NC=C(C#N)c2nn[nH]n2)c1. The van der Waals surface area contributed by atoms with Crippen molar-refractivity contribution in [3.8, 4) is 6.07 Å². The fraction of sp³-hybridized carbons (Fsp3) is 0.0833. The number of benzene rings is 1. The molecule has 2 aromatic rings. The second kappa shape index (κ2) is 5.62. The van der Waals surface area contributed by atoms with Gasteiger partial charge < -0.3 is 10.4 Å². The van der Waals surface area contributed by atoms with E-state index in [4.69, 9.17) is 10.4 Å². The minimum Gasteiger partial charge on any atom is -0.478 e. The first-order valence-corrected chi connectivity index (χ1v) is 5.56. The Labute approximate surface area is 113 Å². The van der Waals surface area contributed by atoms with Crippen molar-refractivity contribution < 1.29 is 9.90 Å². The third-order valence-corrected chi connectivity index (χ3v) is 2.48. The molecular weight excluding hydrogens is 260 g/mol. The molecule has 0 amide bonds. The van der Waals surface area contributed by atoms with Gasteiger partial charge in [0.2, 0.25) is 5.82 Å². The van der Waals surface area contributed by atoms with E-state index in [1.807, 2.05) is 13.0 Å². The van der Waals surface area contributed by atoms with Gasteiger partial charge in [0.15, 0.2) is 0 Å². The number of anilines is 1. The lowest BCUT2D eigenvalue weighted by molar-refractivity contribution is 0.0698. The monoisotopic (exact) mass is 270 g/mol. The summed E-state index contributed by atoms with van der Waals surface area (Å²) >= 11 is 0. The Morgan fingerprint density at radius 1 is 1.55 bits per heavy atom. The van der Waals surface area contributed by atoms with E-state index in [-0.39, 0.29) is 17.0 Å². The molecule has 0 aliphatic rings. The first-order valence-electron chi connectivity index (χ1n) is 5.56. The van der Waals surface area contributed by atoms with Crippen LogP contribution in [-0.2, 0) is 0 Å². The van der Waals surface area contributed by atoms with Crippen molar-refractivity contribution in [3.63, 3.8) is 0 Å². The summed E-state index contributed by atoms with van der Waals surface area (Å²) in [6.07, 6.45) is 1.34. The molecule has 1 aromatic carbocycles. The summed E-state index contributed by atoms with van der Waals surface area (Å²) in [5.41, 5.74) is 1.52. The standard InChI is InChI=1S/C12H10N6O2/c1-7-2-3-9(12(19)20)10(4-7)14-6-8(5-13)11-15-17-18-16-11/h2-4,6,14H,1H3,(H,19,20)(H,15,16,17,18). The predicted octanol–water partition coefficient (Wildman–Crippen LogP) is 1.18. The molecule has 8 heteroatoms. The number of aromatic carboxylic acids is 1. The van der Waals surface area contributed by atoms with Gasteiger partial charge in [-0.1, -0.05) is 6.07 Å². The van der Waals surface area contributed by atoms with Gasteiger partial charge in [0.05, 0.1) is 11.3 Å². The van der Waals surface area contributed by atoms with Gasteiger partial charge in [-0.2, -0.15) is 10.5 Å². The van der Waals surface area contributed by atoms with E-state index >= 15 is 0 Å². The normalized spacial score (nSPS) is 10.9. The molecule has 0 unspecified atom stereocenters. The van der Waals surface area contributed by atoms with Crippen LogP contribution in [-0.4, -0.2) is 31.7 Å². The summed E-state index contributed by atoms with van der Waals surface area (Å²) in [7, 11) is 0. The quantitative estimate of drug-likeness (QED) is 0.711. The van der Waals surface area contributed by atoms with E-state index < -0.39 is 5.97 Å². The number of nitriles is 1. The number of hydrogen-bond acceptors (Lipinski definition) is 6. The Balaban J connectivity index is 2.33. The van der Waals surface area contributed by atoms with Gasteiger partial charge in [-0.25, -0.2) is 4.79 Å². The molecule has 3 N–H and O–H groups in total. The molecule has 100 valence electrons. The summed E-state index contributed by atoms with van der Waals surface area (Å²) in [6, 6.07) is 6.77. The van der Waals surface area contributed by atoms with E-state index in [2.05, 4.69) is 25.9 Å². The Bertz CT molecular complexity index is 699. The van der Waals surface area contributed by atoms with Crippen molar-refractivity contribution in [2.24, 2.45) is 0 Å². The van der Waals surface area contributed by atoms with Crippen molar-refractivity contribution in [2.45, 2.75) is 6.92 Å². The Hall–Kier alpha value is -3.21. The second-order valence-electron chi connectivity index (χ2n) is 3.90. The Kier molecular flexibility index (Phi) is 3.72. The van der Waals surface area contributed by atoms with Crippen molar-refractivity contribution >= 4 is 17.2 Å². The van der Waals surface area contributed by atoms with Crippen LogP contribution in [0.1, 0.15) is 21.7 Å². The highest BCUT2D eigenvalue weighted by molar-refractivity contribution is 5.94. The third kappa shape index (κ3) is 2.78. The molecule has 0 aliphatic heterocycles. The smallest absolute Gasteiger partial charge is 0.337 e. The number of carboxylic acids is 1. The van der Waals surface area contributed by atoms with Crippen molar-refractivity contribution in [2.75, 3.05) is 5.32 Å². The number of H-pyrrole nitrogens is 1. The summed E-state index contributed by atoms with van der Waals surface area (Å²) < 4.78 is 0. The molecule has 0 bridgehead atoms. The predicted molar refractivity (Wildman–Crippen MR) is 69.5 cm³/mol. The van der Waals surface area contributed by atoms with E-state index in [0.717, 1.165) is 5.56 Å². The average Bonchev–Trinajstić information content (AvgIpc) is 2.93. The van der Waals surface area contributed by atoms with Crippen LogP contribution < -0.4 is 5.32 Å². The zero-order chi connectivity index (χ0) is 14.5. The number of rotatable bonds is 4. The first-order chi connectivity index (χ1) is 9.61. The number of aromatic amines is 1. The highest BCUT2D eigenvalue weighted by Crippen LogP contribution is 2.18. The zero-order valence-electron chi connectivity index (χ0n) is 10.5. The molecule has 0 atom stereocenters. The number of aryl methyl sites for hydroxylation is 1. The summed E-state index contributed by atoms with van der Waals surface area (Å²) in [5, 5.41) is 33.9. The van der Waals surface area contributed by atoms with Crippen LogP contribution in [0.15, 0.2) is 24.4 Å². The number of tetrazole rings is 1. The third-order valence-electron chi connectivity index (χ3n) is 2.48. The lowest BCUT2D eigenvalue weighted by Crippen LogP contribution is -2.03. The van der Waals surface area contributed by atoms with Gasteiger partial charge in [0.25, 0.3) is 0 Å².